The highest BCUT2D eigenvalue weighted by Gasteiger charge is 2.10. The second-order valence-corrected chi connectivity index (χ2v) is 4.31. The number of methoxy groups -OCH3 is 1. The van der Waals surface area contributed by atoms with Gasteiger partial charge in [0.1, 0.15) is 11.4 Å². The number of nitrogens with zero attached hydrogens (tertiary/aromatic N) is 2. The fraction of sp³-hybridized carbons (Fsp3) is 0.214. The first-order chi connectivity index (χ1) is 8.74. The molecule has 92 valence electrons. The Labute approximate surface area is 105 Å². The lowest BCUT2D eigenvalue weighted by Gasteiger charge is -2.05. The predicted octanol–water partition coefficient (Wildman–Crippen LogP) is 2.26. The third-order valence-corrected chi connectivity index (χ3v) is 3.31. The number of benzene rings is 1. The molecule has 0 unspecified atom stereocenters. The quantitative estimate of drug-likeness (QED) is 0.748. The number of aromatic nitrogens is 2. The maximum Gasteiger partial charge on any atom is 0.145 e. The summed E-state index contributed by atoms with van der Waals surface area (Å²) in [6.45, 7) is 2.48. The first kappa shape index (κ1) is 11.0. The molecule has 0 spiro atoms. The van der Waals surface area contributed by atoms with E-state index < -0.39 is 0 Å². The largest absolute Gasteiger partial charge is 0.497 e. The number of aryl methyl sites for hydroxylation is 1. The molecule has 2 N–H and O–H groups in total. The summed E-state index contributed by atoms with van der Waals surface area (Å²) in [5.74, 6) is 0.838. The smallest absolute Gasteiger partial charge is 0.145 e. The molecule has 0 atom stereocenters. The van der Waals surface area contributed by atoms with Crippen molar-refractivity contribution < 1.29 is 4.74 Å². The van der Waals surface area contributed by atoms with Crippen LogP contribution in [0.2, 0.25) is 0 Å². The first-order valence-corrected chi connectivity index (χ1v) is 5.89. The van der Waals surface area contributed by atoms with Crippen molar-refractivity contribution in [2.75, 3.05) is 7.11 Å². The Morgan fingerprint density at radius 1 is 1.33 bits per heavy atom. The van der Waals surface area contributed by atoms with Crippen LogP contribution in [0.25, 0.3) is 16.4 Å². The average molecular weight is 241 g/mol. The number of hydrogen-bond donors (Lipinski definition) is 1. The van der Waals surface area contributed by atoms with Crippen molar-refractivity contribution in [2.45, 2.75) is 13.5 Å². The zero-order valence-corrected chi connectivity index (χ0v) is 10.5. The second-order valence-electron chi connectivity index (χ2n) is 4.31. The molecule has 0 saturated carbocycles. The Balaban J connectivity index is 2.44. The summed E-state index contributed by atoms with van der Waals surface area (Å²) < 4.78 is 7.33. The predicted molar refractivity (Wildman–Crippen MR) is 71.9 cm³/mol. The van der Waals surface area contributed by atoms with E-state index in [2.05, 4.69) is 15.5 Å². The van der Waals surface area contributed by atoms with E-state index in [-0.39, 0.29) is 0 Å². The van der Waals surface area contributed by atoms with Crippen LogP contribution in [0.4, 0.5) is 0 Å². The van der Waals surface area contributed by atoms with Gasteiger partial charge in [-0.05, 0) is 30.5 Å². The maximum absolute atomic E-state index is 5.78. The van der Waals surface area contributed by atoms with Crippen LogP contribution in [-0.2, 0) is 6.54 Å². The summed E-state index contributed by atoms with van der Waals surface area (Å²) in [7, 11) is 1.67. The van der Waals surface area contributed by atoms with Gasteiger partial charge in [-0.2, -0.15) is 0 Å². The maximum atomic E-state index is 5.78. The van der Waals surface area contributed by atoms with Crippen LogP contribution in [0.3, 0.4) is 0 Å². The van der Waals surface area contributed by atoms with Crippen LogP contribution in [0.15, 0.2) is 30.5 Å². The van der Waals surface area contributed by atoms with E-state index in [4.69, 9.17) is 10.5 Å². The lowest BCUT2D eigenvalue weighted by atomic mass is 10.1. The van der Waals surface area contributed by atoms with Gasteiger partial charge in [-0.3, -0.25) is 0 Å². The zero-order chi connectivity index (χ0) is 12.7. The van der Waals surface area contributed by atoms with Crippen LogP contribution in [0, 0.1) is 6.92 Å². The van der Waals surface area contributed by atoms with Crippen LogP contribution in [0.1, 0.15) is 11.4 Å². The third kappa shape index (κ3) is 1.46. The molecule has 4 nitrogen and oxygen atoms in total. The van der Waals surface area contributed by atoms with E-state index >= 15 is 0 Å². The Hall–Kier alpha value is -2.07. The fourth-order valence-electron chi connectivity index (χ4n) is 2.33. The number of imidazole rings is 1. The molecule has 0 bridgehead atoms. The van der Waals surface area contributed by atoms with Gasteiger partial charge in [-0.1, -0.05) is 6.07 Å². The Morgan fingerprint density at radius 3 is 2.89 bits per heavy atom. The Morgan fingerprint density at radius 2 is 2.17 bits per heavy atom. The third-order valence-electron chi connectivity index (χ3n) is 3.31. The van der Waals surface area contributed by atoms with Crippen molar-refractivity contribution in [3.63, 3.8) is 0 Å². The fourth-order valence-corrected chi connectivity index (χ4v) is 2.33. The van der Waals surface area contributed by atoms with Crippen LogP contribution >= 0.6 is 0 Å². The topological polar surface area (TPSA) is 52.5 Å². The molecule has 0 amide bonds. The number of pyridine rings is 1. The standard InChI is InChI=1S/C14H15N3O/c1-9-13(8-15)17-6-5-10-3-4-11(18-2)7-12(10)14(17)16-9/h3-7H,8,15H2,1-2H3. The van der Waals surface area contributed by atoms with E-state index in [0.29, 0.717) is 6.54 Å². The minimum atomic E-state index is 0.489. The molecule has 3 aromatic rings. The minimum absolute atomic E-state index is 0.489. The number of hydrogen-bond acceptors (Lipinski definition) is 3. The van der Waals surface area contributed by atoms with Gasteiger partial charge in [0, 0.05) is 18.1 Å². The van der Waals surface area contributed by atoms with Gasteiger partial charge >= 0.3 is 0 Å². The van der Waals surface area contributed by atoms with Gasteiger partial charge in [-0.15, -0.1) is 0 Å². The molecule has 0 fully saturated rings. The lowest BCUT2D eigenvalue weighted by molar-refractivity contribution is 0.415. The summed E-state index contributed by atoms with van der Waals surface area (Å²) in [6.07, 6.45) is 2.02. The summed E-state index contributed by atoms with van der Waals surface area (Å²) in [5, 5.41) is 2.23. The van der Waals surface area contributed by atoms with Gasteiger partial charge < -0.3 is 14.9 Å². The first-order valence-electron chi connectivity index (χ1n) is 5.89. The molecule has 18 heavy (non-hydrogen) atoms. The van der Waals surface area contributed by atoms with Crippen LogP contribution in [-0.4, -0.2) is 16.5 Å². The Kier molecular flexibility index (Phi) is 2.45. The number of fused-ring (bicyclic) bond motifs is 3. The van der Waals surface area contributed by atoms with E-state index in [0.717, 1.165) is 33.6 Å². The molecule has 0 aliphatic heterocycles. The van der Waals surface area contributed by atoms with Crippen molar-refractivity contribution >= 4 is 16.4 Å². The Bertz CT molecular complexity index is 731. The van der Waals surface area contributed by atoms with Crippen molar-refractivity contribution in [3.05, 3.63) is 41.9 Å². The van der Waals surface area contributed by atoms with E-state index in [1.807, 2.05) is 31.3 Å². The lowest BCUT2D eigenvalue weighted by Crippen LogP contribution is -2.02. The minimum Gasteiger partial charge on any atom is -0.497 e. The molecule has 2 aromatic heterocycles. The van der Waals surface area contributed by atoms with Crippen molar-refractivity contribution in [1.29, 1.82) is 0 Å². The van der Waals surface area contributed by atoms with Gasteiger partial charge in [0.2, 0.25) is 0 Å². The van der Waals surface area contributed by atoms with Crippen molar-refractivity contribution in [1.82, 2.24) is 9.38 Å². The van der Waals surface area contributed by atoms with Crippen molar-refractivity contribution in [3.8, 4) is 5.75 Å². The molecule has 0 saturated heterocycles. The van der Waals surface area contributed by atoms with Crippen LogP contribution in [0.5, 0.6) is 5.75 Å². The highest BCUT2D eigenvalue weighted by molar-refractivity contribution is 5.95. The summed E-state index contributed by atoms with van der Waals surface area (Å²) in [6, 6.07) is 8.08. The molecule has 0 aliphatic carbocycles. The zero-order valence-electron chi connectivity index (χ0n) is 10.5. The van der Waals surface area contributed by atoms with Gasteiger partial charge in [-0.25, -0.2) is 4.98 Å². The van der Waals surface area contributed by atoms with Crippen LogP contribution < -0.4 is 10.5 Å². The second kappa shape index (κ2) is 3.99. The highest BCUT2D eigenvalue weighted by Crippen LogP contribution is 2.25. The van der Waals surface area contributed by atoms with Gasteiger partial charge in [0.05, 0.1) is 18.5 Å². The van der Waals surface area contributed by atoms with E-state index in [1.54, 1.807) is 7.11 Å². The number of rotatable bonds is 2. The molecule has 0 aliphatic rings. The SMILES string of the molecule is COc1ccc2ccn3c(CN)c(C)nc3c2c1. The van der Waals surface area contributed by atoms with E-state index in [1.165, 1.54) is 0 Å². The normalized spacial score (nSPS) is 11.3. The molecule has 2 heterocycles. The molecule has 3 rings (SSSR count). The molecule has 0 radical (unpaired) electrons. The summed E-state index contributed by atoms with van der Waals surface area (Å²) >= 11 is 0. The molecular formula is C14H15N3O. The summed E-state index contributed by atoms with van der Waals surface area (Å²) in [4.78, 5) is 4.61. The highest BCUT2D eigenvalue weighted by atomic mass is 16.5. The van der Waals surface area contributed by atoms with Crippen molar-refractivity contribution in [2.24, 2.45) is 5.73 Å². The summed E-state index contributed by atoms with van der Waals surface area (Å²) in [5.41, 5.74) is 8.74. The number of nitrogens with two attached hydrogens (primary N) is 1. The van der Waals surface area contributed by atoms with Gasteiger partial charge in [0.25, 0.3) is 0 Å². The van der Waals surface area contributed by atoms with E-state index in [9.17, 15) is 0 Å². The number of ether oxygens (including phenoxy) is 1. The molecule has 4 heteroatoms. The monoisotopic (exact) mass is 241 g/mol. The molecular weight excluding hydrogens is 226 g/mol. The van der Waals surface area contributed by atoms with Gasteiger partial charge in [0.15, 0.2) is 0 Å². The molecule has 1 aromatic carbocycles. The average Bonchev–Trinajstić information content (AvgIpc) is 2.73.